The number of nitrogens with zero attached hydrogens (tertiary/aromatic N) is 6. The van der Waals surface area contributed by atoms with Crippen LogP contribution in [-0.2, 0) is 11.3 Å². The summed E-state index contributed by atoms with van der Waals surface area (Å²) in [5, 5.41) is 4.22. The summed E-state index contributed by atoms with van der Waals surface area (Å²) in [7, 11) is 0. The number of hydrogen-bond acceptors (Lipinski definition) is 5. The number of ether oxygens (including phenoxy) is 1. The van der Waals surface area contributed by atoms with Crippen molar-refractivity contribution >= 4 is 5.69 Å². The van der Waals surface area contributed by atoms with Crippen LogP contribution in [0, 0.1) is 0 Å². The molecule has 0 N–H and O–H groups in total. The van der Waals surface area contributed by atoms with Crippen molar-refractivity contribution in [3.63, 3.8) is 0 Å². The SMILES string of the molecule is FC(F)c1ncn2c1Cn1ncnc1-c1cc(N3CCOCC3)ccc1-2. The molecule has 26 heavy (non-hydrogen) atoms. The highest BCUT2D eigenvalue weighted by Crippen LogP contribution is 2.35. The minimum Gasteiger partial charge on any atom is -0.378 e. The molecule has 4 heterocycles. The second-order valence-electron chi connectivity index (χ2n) is 6.29. The van der Waals surface area contributed by atoms with E-state index in [0.29, 0.717) is 24.7 Å². The molecule has 2 aromatic heterocycles. The lowest BCUT2D eigenvalue weighted by Crippen LogP contribution is -2.36. The Labute approximate surface area is 147 Å². The molecule has 5 rings (SSSR count). The Morgan fingerprint density at radius 3 is 2.77 bits per heavy atom. The monoisotopic (exact) mass is 358 g/mol. The van der Waals surface area contributed by atoms with E-state index in [-0.39, 0.29) is 12.2 Å². The smallest absolute Gasteiger partial charge is 0.282 e. The van der Waals surface area contributed by atoms with Crippen LogP contribution in [0.1, 0.15) is 17.8 Å². The van der Waals surface area contributed by atoms with Gasteiger partial charge in [-0.1, -0.05) is 0 Å². The predicted octanol–water partition coefficient (Wildman–Crippen LogP) is 2.27. The van der Waals surface area contributed by atoms with Gasteiger partial charge in [0.05, 0.1) is 31.1 Å². The molecule has 0 aliphatic carbocycles. The maximum absolute atomic E-state index is 13.4. The molecule has 1 saturated heterocycles. The van der Waals surface area contributed by atoms with E-state index < -0.39 is 6.43 Å². The molecule has 0 saturated carbocycles. The average molecular weight is 358 g/mol. The summed E-state index contributed by atoms with van der Waals surface area (Å²) in [6.07, 6.45) is 0.276. The van der Waals surface area contributed by atoms with Crippen LogP contribution in [0.2, 0.25) is 0 Å². The van der Waals surface area contributed by atoms with Gasteiger partial charge in [0.15, 0.2) is 5.82 Å². The van der Waals surface area contributed by atoms with Crippen LogP contribution in [0.4, 0.5) is 14.5 Å². The van der Waals surface area contributed by atoms with Crippen molar-refractivity contribution in [2.24, 2.45) is 0 Å². The Hall–Kier alpha value is -2.81. The van der Waals surface area contributed by atoms with E-state index in [1.54, 1.807) is 9.25 Å². The van der Waals surface area contributed by atoms with Crippen molar-refractivity contribution in [2.45, 2.75) is 13.0 Å². The molecule has 134 valence electrons. The minimum absolute atomic E-state index is 0.205. The van der Waals surface area contributed by atoms with Crippen LogP contribution in [-0.4, -0.2) is 50.6 Å². The van der Waals surface area contributed by atoms with Crippen molar-refractivity contribution in [1.29, 1.82) is 0 Å². The van der Waals surface area contributed by atoms with Crippen LogP contribution in [0.15, 0.2) is 30.9 Å². The molecule has 0 bridgehead atoms. The number of imidazole rings is 1. The average Bonchev–Trinajstić information content (AvgIpc) is 3.27. The number of alkyl halides is 2. The number of rotatable bonds is 2. The largest absolute Gasteiger partial charge is 0.378 e. The van der Waals surface area contributed by atoms with E-state index in [1.165, 1.54) is 12.7 Å². The van der Waals surface area contributed by atoms with Crippen molar-refractivity contribution in [3.05, 3.63) is 42.2 Å². The summed E-state index contributed by atoms with van der Waals surface area (Å²) >= 11 is 0. The molecule has 1 aromatic carbocycles. The fraction of sp³-hybridized carbons (Fsp3) is 0.353. The van der Waals surface area contributed by atoms with Gasteiger partial charge in [-0.15, -0.1) is 0 Å². The summed E-state index contributed by atoms with van der Waals surface area (Å²) < 4.78 is 35.5. The van der Waals surface area contributed by atoms with Gasteiger partial charge in [-0.05, 0) is 18.2 Å². The van der Waals surface area contributed by atoms with Gasteiger partial charge in [0.25, 0.3) is 6.43 Å². The van der Waals surface area contributed by atoms with Gasteiger partial charge >= 0.3 is 0 Å². The number of aromatic nitrogens is 5. The molecular weight excluding hydrogens is 342 g/mol. The Kier molecular flexibility index (Phi) is 3.49. The fourth-order valence-electron chi connectivity index (χ4n) is 3.60. The van der Waals surface area contributed by atoms with Crippen LogP contribution in [0.5, 0.6) is 0 Å². The minimum atomic E-state index is -2.63. The zero-order chi connectivity index (χ0) is 17.7. The van der Waals surface area contributed by atoms with E-state index in [0.717, 1.165) is 30.0 Å². The van der Waals surface area contributed by atoms with E-state index >= 15 is 0 Å². The first-order valence-electron chi connectivity index (χ1n) is 8.42. The quantitative estimate of drug-likeness (QED) is 0.550. The van der Waals surface area contributed by atoms with Gasteiger partial charge in [-0.25, -0.2) is 23.4 Å². The molecule has 2 aliphatic heterocycles. The zero-order valence-corrected chi connectivity index (χ0v) is 13.8. The second-order valence-corrected chi connectivity index (χ2v) is 6.29. The Balaban J connectivity index is 1.69. The standard InChI is InChI=1S/C17H16F2N6O/c18-16(19)15-14-8-25-17(20-9-22-25)12-7-11(23-3-5-26-6-4-23)1-2-13(12)24(14)10-21-15/h1-2,7,9-10,16H,3-6,8H2. The normalized spacial score (nSPS) is 16.2. The third kappa shape index (κ3) is 2.31. The second kappa shape index (κ2) is 5.87. The molecule has 3 aromatic rings. The molecule has 9 heteroatoms. The Bertz CT molecular complexity index is 960. The first kappa shape index (κ1) is 15.4. The van der Waals surface area contributed by atoms with Crippen molar-refractivity contribution < 1.29 is 13.5 Å². The van der Waals surface area contributed by atoms with Crippen LogP contribution in [0.3, 0.4) is 0 Å². The number of hydrogen-bond donors (Lipinski definition) is 0. The highest BCUT2D eigenvalue weighted by Gasteiger charge is 2.27. The highest BCUT2D eigenvalue weighted by molar-refractivity contribution is 5.74. The molecule has 7 nitrogen and oxygen atoms in total. The van der Waals surface area contributed by atoms with Gasteiger partial charge < -0.3 is 14.2 Å². The zero-order valence-electron chi connectivity index (χ0n) is 13.8. The first-order valence-corrected chi connectivity index (χ1v) is 8.42. The molecule has 2 aliphatic rings. The molecule has 1 fully saturated rings. The van der Waals surface area contributed by atoms with Gasteiger partial charge in [0, 0.05) is 24.3 Å². The molecule has 0 atom stereocenters. The third-order valence-corrected chi connectivity index (χ3v) is 4.88. The number of halogens is 2. The Morgan fingerprint density at radius 1 is 1.12 bits per heavy atom. The van der Waals surface area contributed by atoms with Gasteiger partial charge in [-0.2, -0.15) is 5.10 Å². The fourth-order valence-corrected chi connectivity index (χ4v) is 3.60. The number of benzene rings is 1. The van der Waals surface area contributed by atoms with Crippen molar-refractivity contribution in [1.82, 2.24) is 24.3 Å². The summed E-state index contributed by atoms with van der Waals surface area (Å²) in [5.74, 6) is 0.666. The topological polar surface area (TPSA) is 61.0 Å². The lowest BCUT2D eigenvalue weighted by atomic mass is 10.1. The molecule has 0 amide bonds. The highest BCUT2D eigenvalue weighted by atomic mass is 19.3. The lowest BCUT2D eigenvalue weighted by molar-refractivity contribution is 0.122. The summed E-state index contributed by atoms with van der Waals surface area (Å²) in [4.78, 5) is 10.5. The van der Waals surface area contributed by atoms with E-state index in [2.05, 4.69) is 20.0 Å². The van der Waals surface area contributed by atoms with E-state index in [4.69, 9.17) is 4.74 Å². The summed E-state index contributed by atoms with van der Waals surface area (Å²) in [6.45, 7) is 3.22. The van der Waals surface area contributed by atoms with Crippen molar-refractivity contribution in [3.8, 4) is 17.1 Å². The molecule has 0 spiro atoms. The third-order valence-electron chi connectivity index (χ3n) is 4.88. The van der Waals surface area contributed by atoms with E-state index in [9.17, 15) is 8.78 Å². The number of morpholine rings is 1. The molecular formula is C17H16F2N6O. The van der Waals surface area contributed by atoms with Crippen LogP contribution >= 0.6 is 0 Å². The number of anilines is 1. The van der Waals surface area contributed by atoms with Crippen LogP contribution in [0.25, 0.3) is 17.1 Å². The maximum Gasteiger partial charge on any atom is 0.282 e. The van der Waals surface area contributed by atoms with Crippen molar-refractivity contribution in [2.75, 3.05) is 31.2 Å². The van der Waals surface area contributed by atoms with Crippen LogP contribution < -0.4 is 4.90 Å². The Morgan fingerprint density at radius 2 is 1.96 bits per heavy atom. The maximum atomic E-state index is 13.4. The molecule has 0 radical (unpaired) electrons. The predicted molar refractivity (Wildman–Crippen MR) is 89.7 cm³/mol. The van der Waals surface area contributed by atoms with Gasteiger partial charge in [0.1, 0.15) is 18.3 Å². The van der Waals surface area contributed by atoms with Gasteiger partial charge in [-0.3, -0.25) is 0 Å². The summed E-state index contributed by atoms with van der Waals surface area (Å²) in [5.41, 5.74) is 2.91. The first-order chi connectivity index (χ1) is 12.7. The molecule has 0 unspecified atom stereocenters. The number of fused-ring (bicyclic) bond motifs is 5. The lowest BCUT2D eigenvalue weighted by Gasteiger charge is -2.29. The summed E-state index contributed by atoms with van der Waals surface area (Å²) in [6, 6.07) is 5.98. The van der Waals surface area contributed by atoms with E-state index in [1.807, 2.05) is 18.2 Å². The van der Waals surface area contributed by atoms with Gasteiger partial charge in [0.2, 0.25) is 0 Å².